The molecule has 0 aliphatic heterocycles. The first-order chi connectivity index (χ1) is 7.00. The van der Waals surface area contributed by atoms with Crippen LogP contribution in [0.3, 0.4) is 0 Å². The van der Waals surface area contributed by atoms with Crippen LogP contribution in [0.5, 0.6) is 0 Å². The number of rotatable bonds is 4. The number of hydrogen-bond donors (Lipinski definition) is 0. The minimum absolute atomic E-state index is 0.0842. The molecule has 0 amide bonds. The Labute approximate surface area is 92.5 Å². The number of carbonyl (C=O) groups excluding carboxylic acids is 1. The van der Waals surface area contributed by atoms with E-state index < -0.39 is 0 Å². The number of benzene rings is 1. The molecule has 15 heavy (non-hydrogen) atoms. The monoisotopic (exact) mass is 204 g/mol. The highest BCUT2D eigenvalue weighted by atomic mass is 16.1. The predicted octanol–water partition coefficient (Wildman–Crippen LogP) is 3.72. The number of carbonyl (C=O) groups is 1. The first-order valence-electron chi connectivity index (χ1n) is 5.64. The van der Waals surface area contributed by atoms with Crippen LogP contribution in [0.1, 0.15) is 43.6 Å². The molecule has 0 radical (unpaired) electrons. The molecule has 0 N–H and O–H groups in total. The Kier molecular flexibility index (Phi) is 4.07. The van der Waals surface area contributed by atoms with Gasteiger partial charge in [0.25, 0.3) is 0 Å². The third kappa shape index (κ3) is 3.50. The van der Waals surface area contributed by atoms with E-state index >= 15 is 0 Å². The molecule has 0 aromatic heterocycles. The highest BCUT2D eigenvalue weighted by Crippen LogP contribution is 2.12. The Balaban J connectivity index is 2.76. The second kappa shape index (κ2) is 5.11. The fourth-order valence-electron chi connectivity index (χ4n) is 1.61. The van der Waals surface area contributed by atoms with Crippen molar-refractivity contribution in [3.63, 3.8) is 0 Å². The second-order valence-corrected chi connectivity index (χ2v) is 4.81. The molecule has 0 saturated carbocycles. The summed E-state index contributed by atoms with van der Waals surface area (Å²) in [5.41, 5.74) is 2.14. The summed E-state index contributed by atoms with van der Waals surface area (Å²) in [6, 6.07) is 8.02. The Morgan fingerprint density at radius 3 is 2.00 bits per heavy atom. The zero-order valence-electron chi connectivity index (χ0n) is 10.1. The fourth-order valence-corrected chi connectivity index (χ4v) is 1.61. The minimum atomic E-state index is 0.0842. The predicted molar refractivity (Wildman–Crippen MR) is 64.2 cm³/mol. The van der Waals surface area contributed by atoms with Crippen LogP contribution in [0.15, 0.2) is 24.3 Å². The van der Waals surface area contributed by atoms with Crippen LogP contribution >= 0.6 is 0 Å². The van der Waals surface area contributed by atoms with Gasteiger partial charge in [0.2, 0.25) is 0 Å². The molecular weight excluding hydrogens is 184 g/mol. The molecule has 0 aliphatic rings. The molecule has 0 aliphatic carbocycles. The van der Waals surface area contributed by atoms with Crippen molar-refractivity contribution >= 4 is 5.78 Å². The van der Waals surface area contributed by atoms with Gasteiger partial charge >= 0.3 is 0 Å². The zero-order valence-corrected chi connectivity index (χ0v) is 10.1. The summed E-state index contributed by atoms with van der Waals surface area (Å²) in [6.07, 6.45) is 1.08. The van der Waals surface area contributed by atoms with E-state index in [0.29, 0.717) is 5.92 Å². The molecule has 1 aromatic carbocycles. The molecule has 1 rings (SSSR count). The van der Waals surface area contributed by atoms with E-state index in [9.17, 15) is 4.79 Å². The topological polar surface area (TPSA) is 17.1 Å². The molecule has 82 valence electrons. The van der Waals surface area contributed by atoms with Crippen molar-refractivity contribution in [2.75, 3.05) is 0 Å². The van der Waals surface area contributed by atoms with Gasteiger partial charge in [0.15, 0.2) is 5.78 Å². The van der Waals surface area contributed by atoms with Crippen molar-refractivity contribution in [2.24, 2.45) is 11.8 Å². The van der Waals surface area contributed by atoms with Gasteiger partial charge < -0.3 is 0 Å². The van der Waals surface area contributed by atoms with Gasteiger partial charge in [0, 0.05) is 11.5 Å². The van der Waals surface area contributed by atoms with E-state index in [1.165, 1.54) is 5.56 Å². The Morgan fingerprint density at radius 2 is 1.60 bits per heavy atom. The largest absolute Gasteiger partial charge is 0.294 e. The SMILES string of the molecule is CC(C)Cc1ccc(C(=O)C(C)C)cc1. The molecular formula is C14H20O. The van der Waals surface area contributed by atoms with Crippen LogP contribution in [0, 0.1) is 11.8 Å². The molecule has 1 heteroatoms. The van der Waals surface area contributed by atoms with Crippen LogP contribution in [0.25, 0.3) is 0 Å². The van der Waals surface area contributed by atoms with Crippen LogP contribution in [-0.2, 0) is 6.42 Å². The number of hydrogen-bond acceptors (Lipinski definition) is 1. The van der Waals surface area contributed by atoms with Crippen molar-refractivity contribution in [3.05, 3.63) is 35.4 Å². The van der Waals surface area contributed by atoms with E-state index in [4.69, 9.17) is 0 Å². The molecule has 0 heterocycles. The van der Waals surface area contributed by atoms with Gasteiger partial charge in [0.1, 0.15) is 0 Å². The lowest BCUT2D eigenvalue weighted by molar-refractivity contribution is 0.0939. The standard InChI is InChI=1S/C14H20O/c1-10(2)9-12-5-7-13(8-6-12)14(15)11(3)4/h5-8,10-11H,9H2,1-4H3. The Hall–Kier alpha value is -1.11. The maximum atomic E-state index is 11.7. The molecule has 0 saturated heterocycles. The summed E-state index contributed by atoms with van der Waals surface area (Å²) in [7, 11) is 0. The normalized spacial score (nSPS) is 11.1. The molecule has 1 aromatic rings. The van der Waals surface area contributed by atoms with E-state index in [1.807, 2.05) is 26.0 Å². The van der Waals surface area contributed by atoms with Crippen molar-refractivity contribution < 1.29 is 4.79 Å². The molecule has 0 unspecified atom stereocenters. The van der Waals surface area contributed by atoms with Crippen molar-refractivity contribution in [1.82, 2.24) is 0 Å². The fraction of sp³-hybridized carbons (Fsp3) is 0.500. The second-order valence-electron chi connectivity index (χ2n) is 4.81. The van der Waals surface area contributed by atoms with Crippen LogP contribution < -0.4 is 0 Å². The first kappa shape index (κ1) is 12.0. The maximum absolute atomic E-state index is 11.7. The molecule has 0 spiro atoms. The average Bonchev–Trinajstić information content (AvgIpc) is 2.17. The van der Waals surface area contributed by atoms with Gasteiger partial charge in [-0.05, 0) is 17.9 Å². The van der Waals surface area contributed by atoms with Crippen LogP contribution in [0.2, 0.25) is 0 Å². The van der Waals surface area contributed by atoms with Gasteiger partial charge in [-0.1, -0.05) is 52.0 Å². The number of ketones is 1. The molecule has 1 nitrogen and oxygen atoms in total. The number of Topliss-reactive ketones (excluding diaryl/α,β-unsaturated/α-hetero) is 1. The van der Waals surface area contributed by atoms with E-state index in [2.05, 4.69) is 26.0 Å². The summed E-state index contributed by atoms with van der Waals surface area (Å²) in [5.74, 6) is 0.976. The third-order valence-electron chi connectivity index (χ3n) is 2.41. The molecule has 0 fully saturated rings. The lowest BCUT2D eigenvalue weighted by Crippen LogP contribution is -2.07. The summed E-state index contributed by atoms with van der Waals surface area (Å²) < 4.78 is 0. The smallest absolute Gasteiger partial charge is 0.165 e. The highest BCUT2D eigenvalue weighted by molar-refractivity contribution is 5.97. The minimum Gasteiger partial charge on any atom is -0.294 e. The first-order valence-corrected chi connectivity index (χ1v) is 5.64. The van der Waals surface area contributed by atoms with Gasteiger partial charge in [-0.25, -0.2) is 0 Å². The summed E-state index contributed by atoms with van der Waals surface area (Å²) >= 11 is 0. The van der Waals surface area contributed by atoms with E-state index in [-0.39, 0.29) is 11.7 Å². The van der Waals surface area contributed by atoms with Crippen LogP contribution in [-0.4, -0.2) is 5.78 Å². The summed E-state index contributed by atoms with van der Waals surface area (Å²) in [6.45, 7) is 8.27. The van der Waals surface area contributed by atoms with E-state index in [0.717, 1.165) is 12.0 Å². The molecule has 0 atom stereocenters. The summed E-state index contributed by atoms with van der Waals surface area (Å²) in [5, 5.41) is 0. The Bertz CT molecular complexity index is 320. The highest BCUT2D eigenvalue weighted by Gasteiger charge is 2.09. The quantitative estimate of drug-likeness (QED) is 0.683. The average molecular weight is 204 g/mol. The van der Waals surface area contributed by atoms with Crippen molar-refractivity contribution in [1.29, 1.82) is 0 Å². The van der Waals surface area contributed by atoms with E-state index in [1.54, 1.807) is 0 Å². The Morgan fingerprint density at radius 1 is 1.07 bits per heavy atom. The van der Waals surface area contributed by atoms with Crippen molar-refractivity contribution in [3.8, 4) is 0 Å². The maximum Gasteiger partial charge on any atom is 0.165 e. The van der Waals surface area contributed by atoms with Gasteiger partial charge in [-0.3, -0.25) is 4.79 Å². The molecule has 0 bridgehead atoms. The zero-order chi connectivity index (χ0) is 11.4. The van der Waals surface area contributed by atoms with Crippen molar-refractivity contribution in [2.45, 2.75) is 34.1 Å². The van der Waals surface area contributed by atoms with Gasteiger partial charge in [-0.2, -0.15) is 0 Å². The van der Waals surface area contributed by atoms with Crippen LogP contribution in [0.4, 0.5) is 0 Å². The lowest BCUT2D eigenvalue weighted by Gasteiger charge is -2.07. The lowest BCUT2D eigenvalue weighted by atomic mass is 9.97. The third-order valence-corrected chi connectivity index (χ3v) is 2.41. The van der Waals surface area contributed by atoms with Gasteiger partial charge in [-0.15, -0.1) is 0 Å². The van der Waals surface area contributed by atoms with Gasteiger partial charge in [0.05, 0.1) is 0 Å². The summed E-state index contributed by atoms with van der Waals surface area (Å²) in [4.78, 5) is 11.7.